The minimum absolute atomic E-state index is 0.0463. The van der Waals surface area contributed by atoms with Gasteiger partial charge in [0.2, 0.25) is 5.91 Å². The monoisotopic (exact) mass is 494 g/mol. The van der Waals surface area contributed by atoms with Crippen LogP contribution in [0.4, 0.5) is 0 Å². The summed E-state index contributed by atoms with van der Waals surface area (Å²) in [5, 5.41) is 14.8. The fraction of sp³-hybridized carbons (Fsp3) is 0.556. The van der Waals surface area contributed by atoms with E-state index >= 15 is 0 Å². The molecule has 2 aliphatic heterocycles. The number of benzene rings is 1. The predicted molar refractivity (Wildman–Crippen MR) is 137 cm³/mol. The third kappa shape index (κ3) is 3.96. The first-order valence-electron chi connectivity index (χ1n) is 12.8. The zero-order chi connectivity index (χ0) is 24.0. The molecular weight excluding hydrogens is 460 g/mol. The number of hydrogen-bond acceptors (Lipinski definition) is 6. The van der Waals surface area contributed by atoms with Gasteiger partial charge in [-0.15, -0.1) is 11.3 Å². The fourth-order valence-corrected chi connectivity index (χ4v) is 7.42. The van der Waals surface area contributed by atoms with Crippen LogP contribution in [-0.4, -0.2) is 64.1 Å². The molecule has 8 heteroatoms. The molecule has 0 bridgehead atoms. The van der Waals surface area contributed by atoms with Crippen molar-refractivity contribution in [1.82, 2.24) is 19.8 Å². The third-order valence-corrected chi connectivity index (χ3v) is 9.34. The van der Waals surface area contributed by atoms with Crippen LogP contribution in [0.25, 0.3) is 10.9 Å². The maximum absolute atomic E-state index is 13.2. The smallest absolute Gasteiger partial charge is 0.225 e. The van der Waals surface area contributed by atoms with Crippen molar-refractivity contribution in [2.75, 3.05) is 33.4 Å². The van der Waals surface area contributed by atoms with E-state index < -0.39 is 0 Å². The summed E-state index contributed by atoms with van der Waals surface area (Å²) < 4.78 is 5.49. The van der Waals surface area contributed by atoms with E-state index in [9.17, 15) is 9.90 Å². The van der Waals surface area contributed by atoms with Gasteiger partial charge in [-0.1, -0.05) is 12.8 Å². The van der Waals surface area contributed by atoms with Crippen LogP contribution in [0.1, 0.15) is 60.8 Å². The number of rotatable bonds is 5. The molecule has 2 fully saturated rings. The number of ether oxygens (including phenoxy) is 1. The summed E-state index contributed by atoms with van der Waals surface area (Å²) >= 11 is 1.66. The lowest BCUT2D eigenvalue weighted by Gasteiger charge is -2.50. The van der Waals surface area contributed by atoms with Crippen molar-refractivity contribution in [3.63, 3.8) is 0 Å². The summed E-state index contributed by atoms with van der Waals surface area (Å²) in [6.07, 6.45) is 8.19. The number of likely N-dealkylation sites (tertiary alicyclic amines) is 1. The molecule has 1 saturated carbocycles. The molecule has 6 rings (SSSR count). The number of piperidine rings is 1. The number of nitrogens with zero attached hydrogens (tertiary/aromatic N) is 3. The van der Waals surface area contributed by atoms with E-state index in [1.165, 1.54) is 23.8 Å². The lowest BCUT2D eigenvalue weighted by atomic mass is 9.68. The number of aromatic amines is 1. The fourth-order valence-electron chi connectivity index (χ4n) is 6.78. The summed E-state index contributed by atoms with van der Waals surface area (Å²) in [5.41, 5.74) is 3.41. The Bertz CT molecular complexity index is 1190. The van der Waals surface area contributed by atoms with Gasteiger partial charge in [-0.05, 0) is 43.4 Å². The van der Waals surface area contributed by atoms with Crippen molar-refractivity contribution in [2.45, 2.75) is 56.5 Å². The van der Waals surface area contributed by atoms with Crippen molar-refractivity contribution in [1.29, 1.82) is 0 Å². The number of methoxy groups -OCH3 is 1. The number of thiazole rings is 1. The molecule has 1 spiro atoms. The van der Waals surface area contributed by atoms with Crippen LogP contribution in [0, 0.1) is 5.92 Å². The van der Waals surface area contributed by atoms with Crippen molar-refractivity contribution >= 4 is 28.1 Å². The highest BCUT2D eigenvalue weighted by Gasteiger charge is 2.48. The molecule has 186 valence electrons. The summed E-state index contributed by atoms with van der Waals surface area (Å²) in [5.74, 6) is 1.42. The number of amides is 1. The minimum Gasteiger partial charge on any atom is -0.497 e. The van der Waals surface area contributed by atoms with E-state index in [1.807, 2.05) is 17.6 Å². The summed E-state index contributed by atoms with van der Waals surface area (Å²) in [6, 6.07) is 6.13. The molecule has 1 amide bonds. The molecule has 1 saturated heterocycles. The van der Waals surface area contributed by atoms with Gasteiger partial charge in [-0.2, -0.15) is 0 Å². The Morgan fingerprint density at radius 2 is 2.09 bits per heavy atom. The normalized spacial score (nSPS) is 22.7. The first-order valence-corrected chi connectivity index (χ1v) is 13.7. The Labute approximate surface area is 210 Å². The van der Waals surface area contributed by atoms with E-state index in [4.69, 9.17) is 4.74 Å². The quantitative estimate of drug-likeness (QED) is 0.555. The molecule has 1 atom stereocenters. The predicted octanol–water partition coefficient (Wildman–Crippen LogP) is 4.23. The van der Waals surface area contributed by atoms with Gasteiger partial charge in [-0.3, -0.25) is 9.69 Å². The number of aromatic nitrogens is 2. The van der Waals surface area contributed by atoms with Crippen molar-refractivity contribution in [3.05, 3.63) is 46.0 Å². The van der Waals surface area contributed by atoms with Gasteiger partial charge in [0, 0.05) is 65.2 Å². The molecule has 2 aromatic heterocycles. The van der Waals surface area contributed by atoms with Gasteiger partial charge in [0.05, 0.1) is 26.3 Å². The SMILES string of the molecule is COc1ccc2c3c([nH]c2c1)[C@H](CO)N(Cc1nccs1)CC31CCN(C(=O)C2CCCC2)CC1. The molecule has 0 radical (unpaired) electrons. The highest BCUT2D eigenvalue weighted by molar-refractivity contribution is 7.09. The van der Waals surface area contributed by atoms with Crippen LogP contribution in [0.15, 0.2) is 29.8 Å². The van der Waals surface area contributed by atoms with E-state index in [1.54, 1.807) is 18.4 Å². The Morgan fingerprint density at radius 3 is 2.77 bits per heavy atom. The number of hydrogen-bond donors (Lipinski definition) is 2. The molecule has 1 aliphatic carbocycles. The number of carbonyl (C=O) groups is 1. The average Bonchev–Trinajstić information content (AvgIpc) is 3.65. The Morgan fingerprint density at radius 1 is 1.29 bits per heavy atom. The maximum Gasteiger partial charge on any atom is 0.225 e. The van der Waals surface area contributed by atoms with Crippen LogP contribution in [0.2, 0.25) is 0 Å². The number of carbonyl (C=O) groups excluding carboxylic acids is 1. The van der Waals surface area contributed by atoms with Crippen LogP contribution >= 0.6 is 11.3 Å². The second-order valence-corrected chi connectivity index (χ2v) is 11.4. The molecule has 7 nitrogen and oxygen atoms in total. The van der Waals surface area contributed by atoms with Gasteiger partial charge in [0.15, 0.2) is 0 Å². The number of aliphatic hydroxyl groups excluding tert-OH is 1. The highest BCUT2D eigenvalue weighted by Crippen LogP contribution is 2.49. The van der Waals surface area contributed by atoms with Gasteiger partial charge in [0.1, 0.15) is 10.8 Å². The second kappa shape index (κ2) is 9.22. The second-order valence-electron chi connectivity index (χ2n) is 10.4. The van der Waals surface area contributed by atoms with E-state index in [0.29, 0.717) is 12.5 Å². The largest absolute Gasteiger partial charge is 0.497 e. The average molecular weight is 495 g/mol. The molecule has 0 unspecified atom stereocenters. The lowest BCUT2D eigenvalue weighted by molar-refractivity contribution is -0.137. The van der Waals surface area contributed by atoms with Crippen molar-refractivity contribution in [3.8, 4) is 5.75 Å². The van der Waals surface area contributed by atoms with Gasteiger partial charge in [-0.25, -0.2) is 4.98 Å². The van der Waals surface area contributed by atoms with Gasteiger partial charge in [0.25, 0.3) is 0 Å². The molecule has 3 aromatic rings. The van der Waals surface area contributed by atoms with Crippen LogP contribution < -0.4 is 4.74 Å². The summed E-state index contributed by atoms with van der Waals surface area (Å²) in [7, 11) is 1.69. The van der Waals surface area contributed by atoms with Crippen LogP contribution in [0.3, 0.4) is 0 Å². The first kappa shape index (κ1) is 23.0. The van der Waals surface area contributed by atoms with E-state index in [0.717, 1.165) is 67.3 Å². The zero-order valence-electron chi connectivity index (χ0n) is 20.3. The van der Waals surface area contributed by atoms with Gasteiger partial charge >= 0.3 is 0 Å². The molecule has 2 N–H and O–H groups in total. The van der Waals surface area contributed by atoms with Crippen molar-refractivity contribution in [2.24, 2.45) is 5.92 Å². The molecular formula is C27H34N4O3S. The minimum atomic E-state index is -0.115. The van der Waals surface area contributed by atoms with Crippen LogP contribution in [-0.2, 0) is 16.8 Å². The van der Waals surface area contributed by atoms with Crippen molar-refractivity contribution < 1.29 is 14.6 Å². The highest BCUT2D eigenvalue weighted by atomic mass is 32.1. The number of nitrogens with one attached hydrogen (secondary N) is 1. The molecule has 3 aliphatic rings. The number of H-pyrrole nitrogens is 1. The summed E-state index contributed by atoms with van der Waals surface area (Å²) in [6.45, 7) is 3.21. The zero-order valence-corrected chi connectivity index (χ0v) is 21.1. The van der Waals surface area contributed by atoms with E-state index in [-0.39, 0.29) is 24.0 Å². The van der Waals surface area contributed by atoms with Gasteiger partial charge < -0.3 is 19.7 Å². The Hall–Kier alpha value is -2.42. The number of fused-ring (bicyclic) bond motifs is 4. The summed E-state index contributed by atoms with van der Waals surface area (Å²) in [4.78, 5) is 25.9. The first-order chi connectivity index (χ1) is 17.1. The maximum atomic E-state index is 13.2. The van der Waals surface area contributed by atoms with Crippen LogP contribution in [0.5, 0.6) is 5.75 Å². The third-order valence-electron chi connectivity index (χ3n) is 8.58. The van der Waals surface area contributed by atoms with E-state index in [2.05, 4.69) is 31.9 Å². The molecule has 4 heterocycles. The Balaban J connectivity index is 1.38. The molecule has 35 heavy (non-hydrogen) atoms. The standard InChI is InChI=1S/C27H34N4O3S/c1-34-19-6-7-20-21(14-19)29-25-22(16-32)31(15-23-28-10-13-35-23)17-27(24(20)25)8-11-30(12-9-27)26(33)18-4-2-3-5-18/h6-7,10,13-14,18,22,29,32H,2-5,8-9,11-12,15-17H2,1H3/t22-/m0/s1. The lowest BCUT2D eigenvalue weighted by Crippen LogP contribution is -2.54. The Kier molecular flexibility index (Phi) is 6.06. The number of aliphatic hydroxyl groups is 1. The topological polar surface area (TPSA) is 81.7 Å². The molecule has 1 aromatic carbocycles.